The number of hydrogen-bond acceptors (Lipinski definition) is 2. The van der Waals surface area contributed by atoms with Crippen LogP contribution < -0.4 is 0 Å². The number of rotatable bonds is 6. The number of alkyl halides is 3. The topological polar surface area (TPSA) is 57.6 Å². The predicted molar refractivity (Wildman–Crippen MR) is 74.2 cm³/mol. The highest BCUT2D eigenvalue weighted by Gasteiger charge is 2.30. The zero-order valence-electron chi connectivity index (χ0n) is 12.4. The largest absolute Gasteiger partial charge is 0.481 e. The van der Waals surface area contributed by atoms with E-state index >= 15 is 0 Å². The second-order valence-corrected chi connectivity index (χ2v) is 5.21. The molecule has 0 heterocycles. The maximum Gasteiger partial charge on any atom is 0.416 e. The highest BCUT2D eigenvalue weighted by Crippen LogP contribution is 2.30. The Morgan fingerprint density at radius 2 is 1.95 bits per heavy atom. The first kappa shape index (κ1) is 18.0. The Hall–Kier alpha value is -2.05. The summed E-state index contributed by atoms with van der Waals surface area (Å²) in [6, 6.07) is 4.86. The second-order valence-electron chi connectivity index (χ2n) is 5.21. The van der Waals surface area contributed by atoms with Crippen molar-refractivity contribution in [2.75, 3.05) is 13.6 Å². The van der Waals surface area contributed by atoms with Crippen molar-refractivity contribution in [3.05, 3.63) is 35.4 Å². The lowest BCUT2D eigenvalue weighted by molar-refractivity contribution is -0.139. The molecule has 0 saturated heterocycles. The van der Waals surface area contributed by atoms with Gasteiger partial charge < -0.3 is 10.0 Å². The predicted octanol–water partition coefficient (Wildman–Crippen LogP) is 2.82. The van der Waals surface area contributed by atoms with Crippen molar-refractivity contribution in [3.63, 3.8) is 0 Å². The first-order valence-corrected chi connectivity index (χ1v) is 6.74. The molecule has 0 spiro atoms. The Morgan fingerprint density at radius 1 is 1.32 bits per heavy atom. The van der Waals surface area contributed by atoms with Gasteiger partial charge in [0.2, 0.25) is 5.91 Å². The van der Waals surface area contributed by atoms with Gasteiger partial charge in [-0.15, -0.1) is 0 Å². The number of benzene rings is 1. The van der Waals surface area contributed by atoms with Gasteiger partial charge in [0.25, 0.3) is 0 Å². The molecule has 1 aromatic carbocycles. The number of nitrogens with zero attached hydrogens (tertiary/aromatic N) is 1. The van der Waals surface area contributed by atoms with E-state index in [9.17, 15) is 22.8 Å². The molecule has 1 rings (SSSR count). The van der Waals surface area contributed by atoms with Crippen molar-refractivity contribution >= 4 is 11.9 Å². The molecule has 0 radical (unpaired) electrons. The quantitative estimate of drug-likeness (QED) is 0.878. The van der Waals surface area contributed by atoms with E-state index in [4.69, 9.17) is 5.11 Å². The molecule has 0 aliphatic heterocycles. The van der Waals surface area contributed by atoms with Gasteiger partial charge in [-0.2, -0.15) is 13.2 Å². The highest BCUT2D eigenvalue weighted by atomic mass is 19.4. The molecular formula is C15H18F3NO3. The van der Waals surface area contributed by atoms with E-state index in [2.05, 4.69) is 0 Å². The molecule has 1 amide bonds. The third-order valence-electron chi connectivity index (χ3n) is 3.26. The van der Waals surface area contributed by atoms with Gasteiger partial charge in [-0.1, -0.05) is 25.1 Å². The summed E-state index contributed by atoms with van der Waals surface area (Å²) in [5, 5.41) is 8.58. The minimum absolute atomic E-state index is 0.0705. The van der Waals surface area contributed by atoms with Crippen LogP contribution in [0.5, 0.6) is 0 Å². The van der Waals surface area contributed by atoms with Crippen molar-refractivity contribution in [1.82, 2.24) is 4.90 Å². The van der Waals surface area contributed by atoms with Crippen LogP contribution in [0, 0.1) is 5.92 Å². The number of aliphatic carboxylic acids is 1. The van der Waals surface area contributed by atoms with Gasteiger partial charge in [0.1, 0.15) is 0 Å². The van der Waals surface area contributed by atoms with Crippen LogP contribution in [0.3, 0.4) is 0 Å². The molecule has 1 atom stereocenters. The van der Waals surface area contributed by atoms with Crippen molar-refractivity contribution in [2.24, 2.45) is 5.92 Å². The molecule has 7 heteroatoms. The number of amides is 1. The van der Waals surface area contributed by atoms with Gasteiger partial charge >= 0.3 is 12.1 Å². The van der Waals surface area contributed by atoms with Crippen molar-refractivity contribution in [1.29, 1.82) is 0 Å². The summed E-state index contributed by atoms with van der Waals surface area (Å²) in [4.78, 5) is 23.8. The first-order chi connectivity index (χ1) is 10.1. The van der Waals surface area contributed by atoms with Crippen LogP contribution in [-0.2, 0) is 22.2 Å². The molecule has 122 valence electrons. The maximum atomic E-state index is 12.6. The standard InChI is InChI=1S/C15H18F3NO3/c1-10(14(22)19(2)7-6-13(20)21)8-11-4-3-5-12(9-11)15(16,17)18/h3-5,9-10H,6-8H2,1-2H3,(H,20,21). The smallest absolute Gasteiger partial charge is 0.416 e. The summed E-state index contributed by atoms with van der Waals surface area (Å²) in [7, 11) is 1.48. The van der Waals surface area contributed by atoms with E-state index in [-0.39, 0.29) is 25.3 Å². The molecule has 0 bridgehead atoms. The normalized spacial score (nSPS) is 12.8. The zero-order valence-corrected chi connectivity index (χ0v) is 12.4. The van der Waals surface area contributed by atoms with E-state index in [0.717, 1.165) is 12.1 Å². The summed E-state index contributed by atoms with van der Waals surface area (Å²) in [5.74, 6) is -1.83. The minimum atomic E-state index is -4.42. The number of hydrogen-bond donors (Lipinski definition) is 1. The summed E-state index contributed by atoms with van der Waals surface area (Å²) >= 11 is 0. The fourth-order valence-electron chi connectivity index (χ4n) is 2.07. The number of halogens is 3. The highest BCUT2D eigenvalue weighted by molar-refractivity contribution is 5.79. The van der Waals surface area contributed by atoms with Crippen LogP contribution >= 0.6 is 0 Å². The zero-order chi connectivity index (χ0) is 16.9. The molecule has 0 aliphatic rings. The summed E-state index contributed by atoms with van der Waals surface area (Å²) < 4.78 is 37.9. The van der Waals surface area contributed by atoms with E-state index in [1.807, 2.05) is 0 Å². The number of carbonyl (C=O) groups excluding carboxylic acids is 1. The lowest BCUT2D eigenvalue weighted by atomic mass is 9.98. The van der Waals surface area contributed by atoms with Gasteiger partial charge in [-0.05, 0) is 18.1 Å². The number of carbonyl (C=O) groups is 2. The van der Waals surface area contributed by atoms with Gasteiger partial charge in [0.05, 0.1) is 12.0 Å². The van der Waals surface area contributed by atoms with Crippen LogP contribution in [0.1, 0.15) is 24.5 Å². The van der Waals surface area contributed by atoms with Gasteiger partial charge in [-0.3, -0.25) is 9.59 Å². The third-order valence-corrected chi connectivity index (χ3v) is 3.26. The van der Waals surface area contributed by atoms with E-state index < -0.39 is 23.6 Å². The maximum absolute atomic E-state index is 12.6. The Kier molecular flexibility index (Phi) is 5.96. The van der Waals surface area contributed by atoms with E-state index in [1.54, 1.807) is 6.92 Å². The molecule has 22 heavy (non-hydrogen) atoms. The second kappa shape index (κ2) is 7.29. The number of carboxylic acids is 1. The van der Waals surface area contributed by atoms with Crippen molar-refractivity contribution in [3.8, 4) is 0 Å². The van der Waals surface area contributed by atoms with Crippen LogP contribution in [0.2, 0.25) is 0 Å². The fourth-order valence-corrected chi connectivity index (χ4v) is 2.07. The Morgan fingerprint density at radius 3 is 2.50 bits per heavy atom. The van der Waals surface area contributed by atoms with Gasteiger partial charge in [0, 0.05) is 19.5 Å². The van der Waals surface area contributed by atoms with E-state index in [1.165, 1.54) is 24.1 Å². The molecule has 0 aliphatic carbocycles. The fraction of sp³-hybridized carbons (Fsp3) is 0.467. The molecule has 1 N–H and O–H groups in total. The molecule has 1 aromatic rings. The first-order valence-electron chi connectivity index (χ1n) is 6.74. The molecule has 1 unspecified atom stereocenters. The summed E-state index contributed by atoms with van der Waals surface area (Å²) in [5.41, 5.74) is -0.328. The van der Waals surface area contributed by atoms with Gasteiger partial charge in [-0.25, -0.2) is 0 Å². The van der Waals surface area contributed by atoms with E-state index in [0.29, 0.717) is 5.56 Å². The molecule has 4 nitrogen and oxygen atoms in total. The van der Waals surface area contributed by atoms with Gasteiger partial charge in [0.15, 0.2) is 0 Å². The SMILES string of the molecule is CC(Cc1cccc(C(F)(F)F)c1)C(=O)N(C)CCC(=O)O. The molecule has 0 aromatic heterocycles. The van der Waals surface area contributed by atoms with Crippen LogP contribution in [-0.4, -0.2) is 35.5 Å². The molecular weight excluding hydrogens is 299 g/mol. The van der Waals surface area contributed by atoms with Crippen LogP contribution in [0.25, 0.3) is 0 Å². The monoisotopic (exact) mass is 317 g/mol. The van der Waals surface area contributed by atoms with Crippen LogP contribution in [0.4, 0.5) is 13.2 Å². The van der Waals surface area contributed by atoms with Crippen molar-refractivity contribution in [2.45, 2.75) is 25.9 Å². The lowest BCUT2D eigenvalue weighted by Gasteiger charge is -2.21. The Bertz CT molecular complexity index is 543. The summed E-state index contributed by atoms with van der Waals surface area (Å²) in [6.45, 7) is 1.68. The third kappa shape index (κ3) is 5.38. The Balaban J connectivity index is 2.70. The molecule has 0 saturated carbocycles. The summed E-state index contributed by atoms with van der Waals surface area (Å²) in [6.07, 6.45) is -4.42. The van der Waals surface area contributed by atoms with Crippen LogP contribution in [0.15, 0.2) is 24.3 Å². The minimum Gasteiger partial charge on any atom is -0.481 e. The lowest BCUT2D eigenvalue weighted by Crippen LogP contribution is -2.34. The Labute approximate surface area is 126 Å². The number of carboxylic acid groups (broad SMARTS) is 1. The van der Waals surface area contributed by atoms with Crippen molar-refractivity contribution < 1.29 is 27.9 Å². The average molecular weight is 317 g/mol. The molecule has 0 fully saturated rings. The average Bonchev–Trinajstić information content (AvgIpc) is 2.43.